The van der Waals surface area contributed by atoms with Gasteiger partial charge in [0.25, 0.3) is 0 Å². The maximum atomic E-state index is 5.81. The van der Waals surface area contributed by atoms with E-state index >= 15 is 0 Å². The summed E-state index contributed by atoms with van der Waals surface area (Å²) in [7, 11) is 0. The maximum Gasteiger partial charge on any atom is 0.0647 e. The van der Waals surface area contributed by atoms with Crippen molar-refractivity contribution < 1.29 is 9.47 Å². The Hall–Kier alpha value is -0.600. The second kappa shape index (κ2) is 11.9. The van der Waals surface area contributed by atoms with Crippen molar-refractivity contribution in [2.45, 2.75) is 64.7 Å². The molecule has 0 aliphatic heterocycles. The van der Waals surface area contributed by atoms with Crippen LogP contribution in [0.4, 0.5) is 0 Å². The Balaban J connectivity index is 1.56. The van der Waals surface area contributed by atoms with Gasteiger partial charge in [0.1, 0.15) is 0 Å². The summed E-state index contributed by atoms with van der Waals surface area (Å²) in [4.78, 5) is 0. The first-order valence-electron chi connectivity index (χ1n) is 10.2. The quantitative estimate of drug-likeness (QED) is 0.372. The average Bonchev–Trinajstić information content (AvgIpc) is 2.63. The molecule has 2 aliphatic carbocycles. The topological polar surface area (TPSA) is 18.5 Å². The second-order valence-corrected chi connectivity index (χ2v) is 7.80. The lowest BCUT2D eigenvalue weighted by atomic mass is 9.69. The molecule has 0 amide bonds. The Morgan fingerprint density at radius 3 is 1.71 bits per heavy atom. The van der Waals surface area contributed by atoms with Crippen molar-refractivity contribution in [2.24, 2.45) is 23.7 Å². The third-order valence-electron chi connectivity index (χ3n) is 6.01. The fourth-order valence-corrected chi connectivity index (χ4v) is 4.51. The first-order valence-corrected chi connectivity index (χ1v) is 10.2. The molecule has 2 fully saturated rings. The van der Waals surface area contributed by atoms with E-state index in [2.05, 4.69) is 25.7 Å². The van der Waals surface area contributed by atoms with Crippen LogP contribution < -0.4 is 0 Å². The van der Waals surface area contributed by atoms with Gasteiger partial charge >= 0.3 is 0 Å². The Morgan fingerprint density at radius 1 is 0.750 bits per heavy atom. The van der Waals surface area contributed by atoms with Gasteiger partial charge in [-0.3, -0.25) is 0 Å². The van der Waals surface area contributed by atoms with Gasteiger partial charge < -0.3 is 9.47 Å². The summed E-state index contributed by atoms with van der Waals surface area (Å²) in [6.45, 7) is 9.30. The van der Waals surface area contributed by atoms with Crippen LogP contribution in [-0.4, -0.2) is 26.4 Å². The predicted molar refractivity (Wildman–Crippen MR) is 102 cm³/mol. The highest BCUT2D eigenvalue weighted by molar-refractivity contribution is 4.83. The molecule has 0 heterocycles. The minimum atomic E-state index is 0.709. The molecule has 2 aliphatic rings. The standard InChI is InChI=1S/C22H38O2/c1-3-5-6-16-24-18-20-9-13-22(14-10-20)21-11-7-19(8-12-21)17-23-15-4-2/h4-6,19-22H,2-3,7-18H2,1H3/b6-5-. The predicted octanol–water partition coefficient (Wildman–Crippen LogP) is 5.78. The van der Waals surface area contributed by atoms with Crippen LogP contribution in [0.15, 0.2) is 24.8 Å². The first kappa shape index (κ1) is 19.7. The van der Waals surface area contributed by atoms with E-state index in [0.29, 0.717) is 6.61 Å². The minimum absolute atomic E-state index is 0.709. The van der Waals surface area contributed by atoms with Gasteiger partial charge in [0, 0.05) is 13.2 Å². The van der Waals surface area contributed by atoms with Gasteiger partial charge in [0.05, 0.1) is 13.2 Å². The zero-order valence-corrected chi connectivity index (χ0v) is 15.8. The Morgan fingerprint density at radius 2 is 1.25 bits per heavy atom. The smallest absolute Gasteiger partial charge is 0.0647 e. The van der Waals surface area contributed by atoms with Gasteiger partial charge in [-0.15, -0.1) is 6.58 Å². The largest absolute Gasteiger partial charge is 0.377 e. The van der Waals surface area contributed by atoms with Gasteiger partial charge in [0.2, 0.25) is 0 Å². The van der Waals surface area contributed by atoms with E-state index in [1.54, 1.807) is 0 Å². The number of hydrogen-bond acceptors (Lipinski definition) is 2. The van der Waals surface area contributed by atoms with E-state index in [-0.39, 0.29) is 0 Å². The molecular formula is C22H38O2. The third-order valence-corrected chi connectivity index (χ3v) is 6.01. The van der Waals surface area contributed by atoms with Crippen LogP contribution in [0, 0.1) is 23.7 Å². The van der Waals surface area contributed by atoms with E-state index in [1.807, 2.05) is 6.08 Å². The van der Waals surface area contributed by atoms with Crippen LogP contribution >= 0.6 is 0 Å². The first-order chi connectivity index (χ1) is 11.8. The fraction of sp³-hybridized carbons (Fsp3) is 0.818. The zero-order valence-electron chi connectivity index (χ0n) is 15.8. The van der Waals surface area contributed by atoms with Gasteiger partial charge in [-0.2, -0.15) is 0 Å². The number of rotatable bonds is 10. The summed E-state index contributed by atoms with van der Waals surface area (Å²) < 4.78 is 11.5. The fourth-order valence-electron chi connectivity index (χ4n) is 4.51. The lowest BCUT2D eigenvalue weighted by Crippen LogP contribution is -2.28. The van der Waals surface area contributed by atoms with E-state index in [4.69, 9.17) is 9.47 Å². The molecule has 0 aromatic carbocycles. The lowest BCUT2D eigenvalue weighted by Gasteiger charge is -2.37. The molecule has 0 bridgehead atoms. The monoisotopic (exact) mass is 334 g/mol. The maximum absolute atomic E-state index is 5.81. The van der Waals surface area contributed by atoms with E-state index < -0.39 is 0 Å². The summed E-state index contributed by atoms with van der Waals surface area (Å²) in [5.74, 6) is 3.56. The molecule has 0 saturated heterocycles. The van der Waals surface area contributed by atoms with Gasteiger partial charge in [-0.25, -0.2) is 0 Å². The Bertz CT molecular complexity index is 347. The van der Waals surface area contributed by atoms with E-state index in [0.717, 1.165) is 49.9 Å². The van der Waals surface area contributed by atoms with Crippen LogP contribution in [0.1, 0.15) is 64.7 Å². The highest BCUT2D eigenvalue weighted by Gasteiger charge is 2.30. The van der Waals surface area contributed by atoms with Gasteiger partial charge in [-0.1, -0.05) is 25.2 Å². The third kappa shape index (κ3) is 7.11. The Kier molecular flexibility index (Phi) is 9.75. The molecule has 2 nitrogen and oxygen atoms in total. The van der Waals surface area contributed by atoms with Crippen molar-refractivity contribution in [3.05, 3.63) is 24.8 Å². The molecule has 0 radical (unpaired) electrons. The molecule has 0 aromatic rings. The van der Waals surface area contributed by atoms with Crippen LogP contribution in [0.3, 0.4) is 0 Å². The van der Waals surface area contributed by atoms with Crippen LogP contribution in [-0.2, 0) is 9.47 Å². The molecule has 0 N–H and O–H groups in total. The van der Waals surface area contributed by atoms with Crippen molar-refractivity contribution in [2.75, 3.05) is 26.4 Å². The van der Waals surface area contributed by atoms with Crippen molar-refractivity contribution in [1.82, 2.24) is 0 Å². The summed E-state index contributed by atoms with van der Waals surface area (Å²) in [6.07, 6.45) is 18.5. The van der Waals surface area contributed by atoms with Crippen molar-refractivity contribution >= 4 is 0 Å². The lowest BCUT2D eigenvalue weighted by molar-refractivity contribution is 0.0630. The second-order valence-electron chi connectivity index (χ2n) is 7.80. The molecular weight excluding hydrogens is 296 g/mol. The summed E-state index contributed by atoms with van der Waals surface area (Å²) in [6, 6.07) is 0. The molecule has 2 rings (SSSR count). The highest BCUT2D eigenvalue weighted by atomic mass is 16.5. The summed E-state index contributed by atoms with van der Waals surface area (Å²) >= 11 is 0. The van der Waals surface area contributed by atoms with Gasteiger partial charge in [-0.05, 0) is 81.5 Å². The normalized spacial score (nSPS) is 31.4. The molecule has 0 aromatic heterocycles. The highest BCUT2D eigenvalue weighted by Crippen LogP contribution is 2.41. The molecule has 24 heavy (non-hydrogen) atoms. The molecule has 138 valence electrons. The Labute approximate surface area is 149 Å². The molecule has 0 atom stereocenters. The SMILES string of the molecule is C=CCOCC1CCC(C2CCC(COC/C=C\CC)CC2)CC1. The van der Waals surface area contributed by atoms with Crippen molar-refractivity contribution in [1.29, 1.82) is 0 Å². The summed E-state index contributed by atoms with van der Waals surface area (Å²) in [5, 5.41) is 0. The molecule has 2 saturated carbocycles. The van der Waals surface area contributed by atoms with E-state index in [1.165, 1.54) is 51.4 Å². The van der Waals surface area contributed by atoms with Crippen LogP contribution in [0.5, 0.6) is 0 Å². The molecule has 2 heteroatoms. The van der Waals surface area contributed by atoms with Crippen molar-refractivity contribution in [3.8, 4) is 0 Å². The van der Waals surface area contributed by atoms with Gasteiger partial charge in [0.15, 0.2) is 0 Å². The molecule has 0 spiro atoms. The van der Waals surface area contributed by atoms with Crippen LogP contribution in [0.2, 0.25) is 0 Å². The number of ether oxygens (including phenoxy) is 2. The van der Waals surface area contributed by atoms with Crippen molar-refractivity contribution in [3.63, 3.8) is 0 Å². The number of allylic oxidation sites excluding steroid dienone is 1. The molecule has 0 unspecified atom stereocenters. The van der Waals surface area contributed by atoms with Crippen LogP contribution in [0.25, 0.3) is 0 Å². The summed E-state index contributed by atoms with van der Waals surface area (Å²) in [5.41, 5.74) is 0. The minimum Gasteiger partial charge on any atom is -0.377 e. The average molecular weight is 335 g/mol. The van der Waals surface area contributed by atoms with E-state index in [9.17, 15) is 0 Å². The zero-order chi connectivity index (χ0) is 17.0. The number of hydrogen-bond donors (Lipinski definition) is 0.